The monoisotopic (exact) mass is 223 g/mol. The Kier molecular flexibility index (Phi) is 3.73. The van der Waals surface area contributed by atoms with E-state index in [-0.39, 0.29) is 0 Å². The van der Waals surface area contributed by atoms with Gasteiger partial charge in [-0.15, -0.1) is 0 Å². The van der Waals surface area contributed by atoms with Crippen molar-refractivity contribution in [3.05, 3.63) is 34.9 Å². The number of nitriles is 1. The van der Waals surface area contributed by atoms with Crippen LogP contribution >= 0.6 is 11.6 Å². The maximum absolute atomic E-state index is 10.3. The molecule has 1 rings (SSSR count). The third-order valence-electron chi connectivity index (χ3n) is 2.67. The van der Waals surface area contributed by atoms with Gasteiger partial charge in [-0.1, -0.05) is 30.7 Å². The summed E-state index contributed by atoms with van der Waals surface area (Å²) in [5, 5.41) is 19.8. The van der Waals surface area contributed by atoms with E-state index in [0.717, 1.165) is 5.56 Å². The molecule has 3 heteroatoms. The van der Waals surface area contributed by atoms with Crippen molar-refractivity contribution in [2.24, 2.45) is 5.92 Å². The second kappa shape index (κ2) is 4.65. The molecule has 2 unspecified atom stereocenters. The van der Waals surface area contributed by atoms with Crippen molar-refractivity contribution in [3.8, 4) is 6.07 Å². The van der Waals surface area contributed by atoms with Crippen LogP contribution in [0.5, 0.6) is 0 Å². The van der Waals surface area contributed by atoms with Gasteiger partial charge in [0.05, 0.1) is 12.0 Å². The molecule has 1 aromatic rings. The van der Waals surface area contributed by atoms with E-state index in [1.807, 2.05) is 6.92 Å². The van der Waals surface area contributed by atoms with Crippen LogP contribution in [-0.4, -0.2) is 5.11 Å². The molecule has 0 heterocycles. The Hall–Kier alpha value is -1.04. The molecule has 0 aliphatic heterocycles. The van der Waals surface area contributed by atoms with Gasteiger partial charge in [-0.25, -0.2) is 0 Å². The van der Waals surface area contributed by atoms with Crippen molar-refractivity contribution in [2.75, 3.05) is 0 Å². The molecule has 0 radical (unpaired) electrons. The summed E-state index contributed by atoms with van der Waals surface area (Å²) >= 11 is 5.76. The van der Waals surface area contributed by atoms with Crippen LogP contribution < -0.4 is 0 Å². The Balaban J connectivity index is 3.05. The van der Waals surface area contributed by atoms with Crippen LogP contribution in [0.15, 0.2) is 24.3 Å². The second-order valence-corrected chi connectivity index (χ2v) is 4.18. The van der Waals surface area contributed by atoms with Gasteiger partial charge in [0.25, 0.3) is 0 Å². The maximum atomic E-state index is 10.3. The van der Waals surface area contributed by atoms with Crippen LogP contribution in [-0.2, 0) is 5.60 Å². The number of benzene rings is 1. The predicted octanol–water partition coefficient (Wildman–Crippen LogP) is 3.10. The zero-order chi connectivity index (χ0) is 11.5. The van der Waals surface area contributed by atoms with E-state index in [0.29, 0.717) is 11.4 Å². The number of hydrogen-bond donors (Lipinski definition) is 1. The van der Waals surface area contributed by atoms with Crippen molar-refractivity contribution in [1.82, 2.24) is 0 Å². The van der Waals surface area contributed by atoms with E-state index < -0.39 is 11.5 Å². The number of hydrogen-bond acceptors (Lipinski definition) is 2. The van der Waals surface area contributed by atoms with Crippen molar-refractivity contribution in [3.63, 3.8) is 0 Å². The molecule has 0 aromatic heterocycles. The molecule has 15 heavy (non-hydrogen) atoms. The highest BCUT2D eigenvalue weighted by Gasteiger charge is 2.32. The van der Waals surface area contributed by atoms with Crippen molar-refractivity contribution in [1.29, 1.82) is 5.26 Å². The Morgan fingerprint density at radius 3 is 2.40 bits per heavy atom. The number of nitrogens with zero attached hydrogens (tertiary/aromatic N) is 1. The number of halogens is 1. The van der Waals surface area contributed by atoms with Crippen LogP contribution in [0.3, 0.4) is 0 Å². The van der Waals surface area contributed by atoms with Crippen molar-refractivity contribution in [2.45, 2.75) is 25.9 Å². The van der Waals surface area contributed by atoms with E-state index in [9.17, 15) is 5.11 Å². The normalized spacial score (nSPS) is 16.5. The fourth-order valence-electron chi connectivity index (χ4n) is 1.60. The lowest BCUT2D eigenvalue weighted by atomic mass is 9.82. The molecule has 0 aliphatic carbocycles. The van der Waals surface area contributed by atoms with E-state index in [4.69, 9.17) is 16.9 Å². The molecule has 0 amide bonds. The fourth-order valence-corrected chi connectivity index (χ4v) is 1.73. The molecule has 0 saturated carbocycles. The van der Waals surface area contributed by atoms with Gasteiger partial charge >= 0.3 is 0 Å². The first-order valence-corrected chi connectivity index (χ1v) is 5.28. The Morgan fingerprint density at radius 1 is 1.47 bits per heavy atom. The molecule has 2 atom stereocenters. The number of aliphatic hydroxyl groups is 1. The van der Waals surface area contributed by atoms with Gasteiger partial charge < -0.3 is 5.11 Å². The molecule has 0 saturated heterocycles. The van der Waals surface area contributed by atoms with E-state index in [1.165, 1.54) is 0 Å². The number of rotatable bonds is 3. The minimum Gasteiger partial charge on any atom is -0.384 e. The predicted molar refractivity (Wildman–Crippen MR) is 60.4 cm³/mol. The Labute approximate surface area is 95.1 Å². The van der Waals surface area contributed by atoms with E-state index >= 15 is 0 Å². The van der Waals surface area contributed by atoms with Gasteiger partial charge in [0, 0.05) is 5.02 Å². The molecular weight excluding hydrogens is 210 g/mol. The highest BCUT2D eigenvalue weighted by atomic mass is 35.5. The van der Waals surface area contributed by atoms with Crippen LogP contribution in [0.4, 0.5) is 0 Å². The lowest BCUT2D eigenvalue weighted by Gasteiger charge is -2.28. The minimum absolute atomic E-state index is 0.404. The zero-order valence-electron chi connectivity index (χ0n) is 8.87. The van der Waals surface area contributed by atoms with E-state index in [1.54, 1.807) is 31.2 Å². The first kappa shape index (κ1) is 12.0. The molecular formula is C12H14ClNO. The van der Waals surface area contributed by atoms with Crippen LogP contribution in [0, 0.1) is 17.2 Å². The molecule has 0 spiro atoms. The summed E-state index contributed by atoms with van der Waals surface area (Å²) < 4.78 is 0. The molecule has 0 fully saturated rings. The van der Waals surface area contributed by atoms with Gasteiger partial charge in [-0.05, 0) is 31.0 Å². The summed E-state index contributed by atoms with van der Waals surface area (Å²) in [5.41, 5.74) is -0.394. The summed E-state index contributed by atoms with van der Waals surface area (Å²) in [4.78, 5) is 0. The minimum atomic E-state index is -1.12. The maximum Gasteiger partial charge on any atom is 0.103 e. The summed E-state index contributed by atoms with van der Waals surface area (Å²) in [6, 6.07) is 9.06. The van der Waals surface area contributed by atoms with Crippen molar-refractivity contribution >= 4 is 11.6 Å². The summed E-state index contributed by atoms with van der Waals surface area (Å²) in [7, 11) is 0. The molecule has 2 nitrogen and oxygen atoms in total. The van der Waals surface area contributed by atoms with Crippen molar-refractivity contribution < 1.29 is 5.11 Å². The van der Waals surface area contributed by atoms with Gasteiger partial charge in [0.15, 0.2) is 0 Å². The van der Waals surface area contributed by atoms with E-state index in [2.05, 4.69) is 6.07 Å². The molecule has 1 N–H and O–H groups in total. The SMILES string of the molecule is CCC(C#N)C(C)(O)c1ccc(Cl)cc1. The Bertz CT molecular complexity index is 364. The molecule has 1 aromatic carbocycles. The van der Waals surface area contributed by atoms with Gasteiger partial charge in [-0.3, -0.25) is 0 Å². The van der Waals surface area contributed by atoms with Gasteiger partial charge in [-0.2, -0.15) is 5.26 Å². The standard InChI is InChI=1S/C12H14ClNO/c1-3-9(8-14)12(2,15)10-4-6-11(13)7-5-10/h4-7,9,15H,3H2,1-2H3. The molecule has 0 aliphatic rings. The molecule has 0 bridgehead atoms. The average molecular weight is 224 g/mol. The highest BCUT2D eigenvalue weighted by molar-refractivity contribution is 6.30. The quantitative estimate of drug-likeness (QED) is 0.856. The third-order valence-corrected chi connectivity index (χ3v) is 2.92. The average Bonchev–Trinajstić information content (AvgIpc) is 2.19. The first-order valence-electron chi connectivity index (χ1n) is 4.90. The summed E-state index contributed by atoms with van der Waals surface area (Å²) in [5.74, 6) is -0.404. The first-order chi connectivity index (χ1) is 7.02. The van der Waals surface area contributed by atoms with Crippen LogP contribution in [0.25, 0.3) is 0 Å². The largest absolute Gasteiger partial charge is 0.384 e. The third kappa shape index (κ3) is 2.50. The topological polar surface area (TPSA) is 44.0 Å². The lowest BCUT2D eigenvalue weighted by Crippen LogP contribution is -2.30. The van der Waals surface area contributed by atoms with Crippen LogP contribution in [0.1, 0.15) is 25.8 Å². The smallest absolute Gasteiger partial charge is 0.103 e. The lowest BCUT2D eigenvalue weighted by molar-refractivity contribution is 0.0151. The van der Waals surface area contributed by atoms with Gasteiger partial charge in [0.1, 0.15) is 5.60 Å². The molecule has 80 valence electrons. The second-order valence-electron chi connectivity index (χ2n) is 3.74. The highest BCUT2D eigenvalue weighted by Crippen LogP contribution is 2.31. The Morgan fingerprint density at radius 2 is 2.00 bits per heavy atom. The zero-order valence-corrected chi connectivity index (χ0v) is 9.62. The summed E-state index contributed by atoms with van der Waals surface area (Å²) in [6.07, 6.45) is 0.617. The fraction of sp³-hybridized carbons (Fsp3) is 0.417. The van der Waals surface area contributed by atoms with Gasteiger partial charge in [0.2, 0.25) is 0 Å². The van der Waals surface area contributed by atoms with Crippen LogP contribution in [0.2, 0.25) is 5.02 Å². The summed E-state index contributed by atoms with van der Waals surface area (Å²) in [6.45, 7) is 3.55.